The third kappa shape index (κ3) is 8.83. The van der Waals surface area contributed by atoms with Crippen LogP contribution in [0.4, 0.5) is 5.69 Å². The van der Waals surface area contributed by atoms with Crippen molar-refractivity contribution in [2.75, 3.05) is 30.4 Å². The van der Waals surface area contributed by atoms with Gasteiger partial charge in [0.2, 0.25) is 17.7 Å². The van der Waals surface area contributed by atoms with E-state index in [4.69, 9.17) is 11.6 Å². The highest BCUT2D eigenvalue weighted by molar-refractivity contribution is 7.17. The molecule has 1 aromatic carbocycles. The molecule has 1 saturated carbocycles. The van der Waals surface area contributed by atoms with Crippen molar-refractivity contribution in [1.82, 2.24) is 20.5 Å². The summed E-state index contributed by atoms with van der Waals surface area (Å²) >= 11 is 7.01. The molecule has 1 aliphatic carbocycles. The number of thiophene rings is 1. The minimum atomic E-state index is -0.190. The van der Waals surface area contributed by atoms with E-state index in [2.05, 4.69) is 16.0 Å². The fourth-order valence-corrected chi connectivity index (χ4v) is 6.59. The third-order valence-corrected chi connectivity index (χ3v) is 9.10. The molecule has 43 heavy (non-hydrogen) atoms. The number of hydrogen-bond acceptors (Lipinski definition) is 5. The topological polar surface area (TPSA) is 113 Å². The molecule has 2 heterocycles. The molecule has 0 radical (unpaired) electrons. The van der Waals surface area contributed by atoms with Crippen LogP contribution in [-0.2, 0) is 20.9 Å². The molecule has 1 aliphatic rings. The first-order valence-electron chi connectivity index (χ1n) is 15.2. The van der Waals surface area contributed by atoms with E-state index >= 15 is 0 Å². The lowest BCUT2D eigenvalue weighted by Crippen LogP contribution is -2.42. The number of carbonyl (C=O) groups excluding carboxylic acids is 4. The standard InChI is InChI=1S/C32H42ClN5O4S/c1-3-37(25-9-7-8-22(2)18-25)30(40)21-38-26-14-17-43-28(26)19-27(38)32(42)36-24-12-10-23(11-13-24)31(41)35-16-6-4-5-15-34-29(39)20-33/h7-9,14,17-19,23-24H,3-6,10-13,15-16,20-21H2,1-2H3,(H,34,39)(H,35,41)(H,36,42)/t23-,24-. The summed E-state index contributed by atoms with van der Waals surface area (Å²) in [5.41, 5.74) is 3.29. The first-order valence-corrected chi connectivity index (χ1v) is 16.6. The highest BCUT2D eigenvalue weighted by Crippen LogP contribution is 2.28. The molecule has 9 nitrogen and oxygen atoms in total. The van der Waals surface area contributed by atoms with E-state index in [0.29, 0.717) is 25.3 Å². The lowest BCUT2D eigenvalue weighted by molar-refractivity contribution is -0.126. The maximum atomic E-state index is 13.5. The highest BCUT2D eigenvalue weighted by atomic mass is 35.5. The fourth-order valence-electron chi connectivity index (χ4n) is 5.67. The van der Waals surface area contributed by atoms with E-state index in [-0.39, 0.29) is 48.0 Å². The first kappa shape index (κ1) is 32.5. The Morgan fingerprint density at radius 2 is 1.74 bits per heavy atom. The molecule has 0 saturated heterocycles. The van der Waals surface area contributed by atoms with Gasteiger partial charge in [0.1, 0.15) is 18.1 Å². The Hall–Kier alpha value is -3.37. The normalized spacial score (nSPS) is 16.5. The molecular formula is C32H42ClN5O4S. The molecule has 4 amide bonds. The first-order chi connectivity index (χ1) is 20.8. The quantitative estimate of drug-likeness (QED) is 0.173. The van der Waals surface area contributed by atoms with Gasteiger partial charge in [0.25, 0.3) is 5.91 Å². The van der Waals surface area contributed by atoms with Gasteiger partial charge in [0, 0.05) is 37.3 Å². The zero-order chi connectivity index (χ0) is 30.8. The summed E-state index contributed by atoms with van der Waals surface area (Å²) in [5.74, 6) is -0.433. The third-order valence-electron chi connectivity index (χ3n) is 8.01. The summed E-state index contributed by atoms with van der Waals surface area (Å²) in [6.07, 6.45) is 5.52. The van der Waals surface area contributed by atoms with E-state index in [1.807, 2.05) is 60.2 Å². The molecule has 0 bridgehead atoms. The Morgan fingerprint density at radius 3 is 2.44 bits per heavy atom. The fraction of sp³-hybridized carbons (Fsp3) is 0.500. The number of aromatic nitrogens is 1. The summed E-state index contributed by atoms with van der Waals surface area (Å²) in [4.78, 5) is 52.5. The number of aryl methyl sites for hydroxylation is 1. The Bertz CT molecular complexity index is 1410. The molecule has 1 fully saturated rings. The molecule has 0 unspecified atom stereocenters. The average Bonchev–Trinajstić information content (AvgIpc) is 3.60. The van der Waals surface area contributed by atoms with Gasteiger partial charge in [-0.05, 0) is 94.0 Å². The summed E-state index contributed by atoms with van der Waals surface area (Å²) < 4.78 is 2.80. The summed E-state index contributed by atoms with van der Waals surface area (Å²) in [6, 6.07) is 11.7. The van der Waals surface area contributed by atoms with Gasteiger partial charge in [0.15, 0.2) is 0 Å². The van der Waals surface area contributed by atoms with Crippen molar-refractivity contribution in [1.29, 1.82) is 0 Å². The molecule has 0 spiro atoms. The number of fused-ring (bicyclic) bond motifs is 1. The van der Waals surface area contributed by atoms with Crippen molar-refractivity contribution in [3.8, 4) is 0 Å². The Kier molecular flexibility index (Phi) is 12.0. The number of anilines is 1. The number of rotatable bonds is 14. The molecule has 2 aromatic heterocycles. The maximum absolute atomic E-state index is 13.5. The number of halogens is 1. The predicted molar refractivity (Wildman–Crippen MR) is 173 cm³/mol. The van der Waals surface area contributed by atoms with Crippen LogP contribution < -0.4 is 20.9 Å². The number of benzene rings is 1. The lowest BCUT2D eigenvalue weighted by Gasteiger charge is -2.28. The Morgan fingerprint density at radius 1 is 1.00 bits per heavy atom. The monoisotopic (exact) mass is 627 g/mol. The number of unbranched alkanes of at least 4 members (excludes halogenated alkanes) is 2. The van der Waals surface area contributed by atoms with Crippen LogP contribution in [0.5, 0.6) is 0 Å². The van der Waals surface area contributed by atoms with Gasteiger partial charge < -0.3 is 25.4 Å². The lowest BCUT2D eigenvalue weighted by atomic mass is 9.85. The Balaban J connectivity index is 1.27. The van der Waals surface area contributed by atoms with E-state index in [0.717, 1.165) is 66.4 Å². The largest absolute Gasteiger partial charge is 0.356 e. The second-order valence-electron chi connectivity index (χ2n) is 11.1. The Labute approximate surface area is 262 Å². The number of hydrogen-bond donors (Lipinski definition) is 3. The van der Waals surface area contributed by atoms with Crippen LogP contribution >= 0.6 is 22.9 Å². The molecule has 3 N–H and O–H groups in total. The zero-order valence-corrected chi connectivity index (χ0v) is 26.6. The van der Waals surface area contributed by atoms with Crippen molar-refractivity contribution in [3.05, 3.63) is 53.0 Å². The van der Waals surface area contributed by atoms with Gasteiger partial charge in [-0.1, -0.05) is 12.1 Å². The van der Waals surface area contributed by atoms with Gasteiger partial charge in [-0.2, -0.15) is 0 Å². The number of nitrogens with zero attached hydrogens (tertiary/aromatic N) is 2. The smallest absolute Gasteiger partial charge is 0.268 e. The molecule has 0 aliphatic heterocycles. The zero-order valence-electron chi connectivity index (χ0n) is 25.0. The van der Waals surface area contributed by atoms with Gasteiger partial charge in [0.05, 0.1) is 10.2 Å². The minimum Gasteiger partial charge on any atom is -0.356 e. The van der Waals surface area contributed by atoms with Crippen LogP contribution in [0.2, 0.25) is 0 Å². The van der Waals surface area contributed by atoms with Crippen LogP contribution in [0.25, 0.3) is 10.2 Å². The van der Waals surface area contributed by atoms with Crippen molar-refractivity contribution < 1.29 is 19.2 Å². The molecule has 11 heteroatoms. The summed E-state index contributed by atoms with van der Waals surface area (Å²) in [5, 5.41) is 10.9. The van der Waals surface area contributed by atoms with E-state index < -0.39 is 0 Å². The number of likely N-dealkylation sites (N-methyl/N-ethyl adjacent to an activating group) is 1. The van der Waals surface area contributed by atoms with Crippen LogP contribution in [0.3, 0.4) is 0 Å². The summed E-state index contributed by atoms with van der Waals surface area (Å²) in [7, 11) is 0. The van der Waals surface area contributed by atoms with Crippen molar-refractivity contribution in [2.45, 2.75) is 71.4 Å². The van der Waals surface area contributed by atoms with Gasteiger partial charge in [-0.3, -0.25) is 19.2 Å². The van der Waals surface area contributed by atoms with Gasteiger partial charge in [-0.15, -0.1) is 22.9 Å². The SMILES string of the molecule is CCN(C(=O)Cn1c(C(=O)N[C@H]2CC[C@H](C(=O)NCCCCCNC(=O)CCl)CC2)cc2sccc21)c1cccc(C)c1. The maximum Gasteiger partial charge on any atom is 0.268 e. The average molecular weight is 628 g/mol. The molecule has 4 rings (SSSR count). The second kappa shape index (κ2) is 15.9. The van der Waals surface area contributed by atoms with Crippen molar-refractivity contribution in [3.63, 3.8) is 0 Å². The van der Waals surface area contributed by atoms with Crippen LogP contribution in [-0.4, -0.2) is 59.8 Å². The van der Waals surface area contributed by atoms with E-state index in [1.165, 1.54) is 0 Å². The van der Waals surface area contributed by atoms with Gasteiger partial charge >= 0.3 is 0 Å². The number of alkyl halides is 1. The van der Waals surface area contributed by atoms with Crippen LogP contribution in [0.1, 0.15) is 67.9 Å². The predicted octanol–water partition coefficient (Wildman–Crippen LogP) is 4.99. The van der Waals surface area contributed by atoms with Crippen molar-refractivity contribution in [2.24, 2.45) is 5.92 Å². The number of carbonyl (C=O) groups is 4. The minimum absolute atomic E-state index is 0.0173. The van der Waals surface area contributed by atoms with Crippen LogP contribution in [0.15, 0.2) is 41.8 Å². The van der Waals surface area contributed by atoms with E-state index in [1.54, 1.807) is 16.2 Å². The molecule has 0 atom stereocenters. The molecular weight excluding hydrogens is 586 g/mol. The molecule has 232 valence electrons. The van der Waals surface area contributed by atoms with Crippen LogP contribution in [0, 0.1) is 12.8 Å². The number of amides is 4. The van der Waals surface area contributed by atoms with E-state index in [9.17, 15) is 19.2 Å². The highest BCUT2D eigenvalue weighted by Gasteiger charge is 2.28. The number of nitrogens with one attached hydrogen (secondary N) is 3. The van der Waals surface area contributed by atoms with Crippen molar-refractivity contribution >= 4 is 62.5 Å². The van der Waals surface area contributed by atoms with Gasteiger partial charge in [-0.25, -0.2) is 0 Å². The molecule has 3 aromatic rings. The second-order valence-corrected chi connectivity index (χ2v) is 12.3. The summed E-state index contributed by atoms with van der Waals surface area (Å²) in [6.45, 7) is 5.77.